The largest absolute Gasteiger partial charge is 0.496 e. The molecule has 0 aliphatic carbocycles. The number of anilines is 3. The van der Waals surface area contributed by atoms with Crippen molar-refractivity contribution in [2.24, 2.45) is 0 Å². The minimum Gasteiger partial charge on any atom is -0.496 e. The van der Waals surface area contributed by atoms with Gasteiger partial charge in [0.05, 0.1) is 48.3 Å². The Hall–Kier alpha value is -9.98. The van der Waals surface area contributed by atoms with E-state index in [1.807, 2.05) is 121 Å². The van der Waals surface area contributed by atoms with Gasteiger partial charge in [0.1, 0.15) is 34.5 Å². The monoisotopic (exact) mass is 1040 g/mol. The molecule has 0 saturated carbocycles. The van der Waals surface area contributed by atoms with Crippen molar-refractivity contribution in [2.45, 2.75) is 0 Å². The van der Waals surface area contributed by atoms with Crippen LogP contribution in [0.4, 0.5) is 17.1 Å². The van der Waals surface area contributed by atoms with Gasteiger partial charge >= 0.3 is 0 Å². The van der Waals surface area contributed by atoms with E-state index in [-0.39, 0.29) is 0 Å². The SMILES string of the molecule is COc1ccccc1C(=CC=Cc1ccc(N(c2ccccc2)c2ccccc2)c(C=CC=C(c2ccccc2OC)c2ccccc2OC)c1C=CC=C(c1ccccc1OC)c1ccccc1OC)c1ccccc1OC. The molecule has 9 aromatic carbocycles. The van der Waals surface area contributed by atoms with Crippen LogP contribution in [-0.4, -0.2) is 42.7 Å². The summed E-state index contributed by atoms with van der Waals surface area (Å²) in [6, 6.07) is 73.7. The van der Waals surface area contributed by atoms with Crippen molar-refractivity contribution in [1.82, 2.24) is 0 Å². The van der Waals surface area contributed by atoms with Gasteiger partial charge in [-0.1, -0.05) is 206 Å². The predicted octanol–water partition coefficient (Wildman–Crippen LogP) is 17.6. The fourth-order valence-electron chi connectivity index (χ4n) is 9.83. The Balaban J connectivity index is 1.35. The number of ether oxygens (including phenoxy) is 6. The van der Waals surface area contributed by atoms with Gasteiger partial charge in [0.25, 0.3) is 0 Å². The summed E-state index contributed by atoms with van der Waals surface area (Å²) in [5, 5.41) is 0. The van der Waals surface area contributed by atoms with Crippen LogP contribution in [0.15, 0.2) is 255 Å². The van der Waals surface area contributed by atoms with Crippen molar-refractivity contribution in [3.05, 3.63) is 305 Å². The van der Waals surface area contributed by atoms with Gasteiger partial charge in [-0.3, -0.25) is 0 Å². The van der Waals surface area contributed by atoms with Crippen molar-refractivity contribution in [2.75, 3.05) is 47.6 Å². The summed E-state index contributed by atoms with van der Waals surface area (Å²) in [7, 11) is 10.2. The molecule has 0 radical (unpaired) electrons. The van der Waals surface area contributed by atoms with E-state index in [9.17, 15) is 0 Å². The molecule has 0 atom stereocenters. The van der Waals surface area contributed by atoms with Crippen molar-refractivity contribution < 1.29 is 28.4 Å². The number of methoxy groups -OCH3 is 6. The van der Waals surface area contributed by atoms with Gasteiger partial charge in [-0.25, -0.2) is 0 Å². The molecule has 0 saturated heterocycles. The van der Waals surface area contributed by atoms with Gasteiger partial charge in [0.15, 0.2) is 0 Å². The molecular formula is C72H63NO6. The van der Waals surface area contributed by atoms with Crippen LogP contribution in [-0.2, 0) is 0 Å². The molecule has 79 heavy (non-hydrogen) atoms. The van der Waals surface area contributed by atoms with E-state index < -0.39 is 0 Å². The Kier molecular flexibility index (Phi) is 18.2. The van der Waals surface area contributed by atoms with Crippen LogP contribution in [0.1, 0.15) is 50.1 Å². The van der Waals surface area contributed by atoms with Gasteiger partial charge in [-0.15, -0.1) is 0 Å². The van der Waals surface area contributed by atoms with Gasteiger partial charge < -0.3 is 33.3 Å². The zero-order valence-electron chi connectivity index (χ0n) is 45.4. The van der Waals surface area contributed by atoms with Crippen LogP contribution < -0.4 is 33.3 Å². The molecule has 0 aromatic heterocycles. The fraction of sp³-hybridized carbons (Fsp3) is 0.0833. The van der Waals surface area contributed by atoms with Crippen molar-refractivity contribution in [1.29, 1.82) is 0 Å². The number of allylic oxidation sites excluding steroid dienone is 6. The zero-order valence-corrected chi connectivity index (χ0v) is 45.4. The van der Waals surface area contributed by atoms with E-state index in [0.29, 0.717) is 0 Å². The Morgan fingerprint density at radius 1 is 0.278 bits per heavy atom. The lowest BCUT2D eigenvalue weighted by atomic mass is 9.93. The number of hydrogen-bond donors (Lipinski definition) is 0. The van der Waals surface area contributed by atoms with Crippen LogP contribution in [0, 0.1) is 0 Å². The summed E-state index contributed by atoms with van der Waals surface area (Å²) >= 11 is 0. The molecule has 0 amide bonds. The first-order chi connectivity index (χ1) is 39.0. The van der Waals surface area contributed by atoms with Gasteiger partial charge in [0.2, 0.25) is 0 Å². The lowest BCUT2D eigenvalue weighted by Gasteiger charge is -2.28. The van der Waals surface area contributed by atoms with Gasteiger partial charge in [-0.2, -0.15) is 0 Å². The quantitative estimate of drug-likeness (QED) is 0.0665. The lowest BCUT2D eigenvalue weighted by molar-refractivity contribution is 0.411. The van der Waals surface area contributed by atoms with Crippen LogP contribution in [0.3, 0.4) is 0 Å². The normalized spacial score (nSPS) is 11.0. The summed E-state index contributed by atoms with van der Waals surface area (Å²) in [6.07, 6.45) is 19.3. The predicted molar refractivity (Wildman–Crippen MR) is 327 cm³/mol. The topological polar surface area (TPSA) is 58.6 Å². The number of hydrogen-bond acceptors (Lipinski definition) is 7. The van der Waals surface area contributed by atoms with Crippen LogP contribution in [0.5, 0.6) is 34.5 Å². The van der Waals surface area contributed by atoms with E-state index in [1.54, 1.807) is 42.7 Å². The second-order valence-corrected chi connectivity index (χ2v) is 18.0. The summed E-state index contributed by atoms with van der Waals surface area (Å²) in [5.41, 5.74) is 14.1. The summed E-state index contributed by atoms with van der Waals surface area (Å²) in [4.78, 5) is 2.31. The second-order valence-electron chi connectivity index (χ2n) is 18.0. The number of para-hydroxylation sites is 8. The number of benzene rings is 9. The highest BCUT2D eigenvalue weighted by molar-refractivity contribution is 5.93. The van der Waals surface area contributed by atoms with E-state index in [0.717, 1.165) is 118 Å². The van der Waals surface area contributed by atoms with E-state index in [1.165, 1.54) is 0 Å². The van der Waals surface area contributed by atoms with Crippen molar-refractivity contribution >= 4 is 52.0 Å². The standard InChI is InChI=1S/C72H63NO6/c1-74-67-44-19-13-33-60(67)56(61-34-14-20-45-68(61)75-2)40-25-28-52-50-51-66(73(53-29-9-7-10-30-53)54-31-11-8-12-32-54)59(43-27-42-58(64-37-17-23-48-71(64)78-5)65-38-18-24-49-72(65)79-6)55(52)39-26-41-57(62-35-15-21-46-69(62)76-3)63-36-16-22-47-70(63)77-4/h7-51H,1-6H3. The minimum atomic E-state index is 0.740. The number of nitrogens with zero attached hydrogens (tertiary/aromatic N) is 1. The Bertz CT molecular complexity index is 3510. The molecule has 392 valence electrons. The molecule has 0 aliphatic rings. The molecule has 9 aromatic rings. The molecule has 7 nitrogen and oxygen atoms in total. The Morgan fingerprint density at radius 2 is 0.544 bits per heavy atom. The van der Waals surface area contributed by atoms with E-state index >= 15 is 0 Å². The molecule has 0 aliphatic heterocycles. The van der Waals surface area contributed by atoms with Gasteiger partial charge in [0, 0.05) is 50.3 Å². The zero-order chi connectivity index (χ0) is 54.8. The fourth-order valence-corrected chi connectivity index (χ4v) is 9.83. The smallest absolute Gasteiger partial charge is 0.126 e. The Morgan fingerprint density at radius 3 is 0.848 bits per heavy atom. The third-order valence-corrected chi connectivity index (χ3v) is 13.5. The van der Waals surface area contributed by atoms with Crippen LogP contribution >= 0.6 is 0 Å². The lowest BCUT2D eigenvalue weighted by Crippen LogP contribution is -2.12. The first-order valence-corrected chi connectivity index (χ1v) is 26.0. The van der Waals surface area contributed by atoms with Crippen LogP contribution in [0.25, 0.3) is 34.9 Å². The molecule has 0 bridgehead atoms. The molecular weight excluding hydrogens is 975 g/mol. The third kappa shape index (κ3) is 12.3. The Labute approximate surface area is 465 Å². The van der Waals surface area contributed by atoms with Crippen molar-refractivity contribution in [3.8, 4) is 34.5 Å². The molecule has 0 spiro atoms. The highest BCUT2D eigenvalue weighted by Crippen LogP contribution is 2.43. The maximum Gasteiger partial charge on any atom is 0.126 e. The maximum atomic E-state index is 5.99. The van der Waals surface area contributed by atoms with Crippen molar-refractivity contribution in [3.63, 3.8) is 0 Å². The molecule has 0 unspecified atom stereocenters. The first-order valence-electron chi connectivity index (χ1n) is 26.0. The summed E-state index contributed by atoms with van der Waals surface area (Å²) < 4.78 is 35.9. The van der Waals surface area contributed by atoms with E-state index in [2.05, 4.69) is 157 Å². The maximum absolute atomic E-state index is 5.99. The first kappa shape index (κ1) is 53.8. The third-order valence-electron chi connectivity index (χ3n) is 13.5. The second kappa shape index (κ2) is 26.7. The molecule has 9 rings (SSSR count). The highest BCUT2D eigenvalue weighted by atomic mass is 16.5. The molecule has 0 heterocycles. The summed E-state index contributed by atoms with van der Waals surface area (Å²) in [6.45, 7) is 0. The molecule has 7 heteroatoms. The average molecular weight is 1040 g/mol. The highest BCUT2D eigenvalue weighted by Gasteiger charge is 2.21. The summed E-state index contributed by atoms with van der Waals surface area (Å²) in [5.74, 6) is 4.46. The minimum absolute atomic E-state index is 0.740. The molecule has 0 fully saturated rings. The van der Waals surface area contributed by atoms with Gasteiger partial charge in [-0.05, 0) is 94.6 Å². The molecule has 0 N–H and O–H groups in total. The number of rotatable bonds is 21. The van der Waals surface area contributed by atoms with Crippen LogP contribution in [0.2, 0.25) is 0 Å². The van der Waals surface area contributed by atoms with E-state index in [4.69, 9.17) is 28.4 Å². The average Bonchev–Trinajstić information content (AvgIpc) is 3.54.